The van der Waals surface area contributed by atoms with Gasteiger partial charge in [0.15, 0.2) is 0 Å². The molecule has 0 radical (unpaired) electrons. The maximum Gasteiger partial charge on any atom is 0.230 e. The van der Waals surface area contributed by atoms with Crippen LogP contribution in [0.15, 0.2) is 182 Å². The van der Waals surface area contributed by atoms with Gasteiger partial charge < -0.3 is 9.47 Å². The Hall–Kier alpha value is -6.78. The minimum atomic E-state index is 0.120. The molecule has 0 aliphatic carbocycles. The average Bonchev–Trinajstić information content (AvgIpc) is 3.40. The number of hydrogen-bond donors (Lipinski definition) is 0. The number of benzene rings is 6. The number of fused-ring (bicyclic) bond motifs is 3. The monoisotopic (exact) mass is 656 g/mol. The van der Waals surface area contributed by atoms with Crippen molar-refractivity contribution in [1.82, 2.24) is 9.97 Å². The van der Waals surface area contributed by atoms with Gasteiger partial charge in [-0.2, -0.15) is 0 Å². The van der Waals surface area contributed by atoms with Gasteiger partial charge in [-0.3, -0.25) is 0 Å². The van der Waals surface area contributed by atoms with Gasteiger partial charge in [0, 0.05) is 33.4 Å². The van der Waals surface area contributed by atoms with E-state index in [0.29, 0.717) is 0 Å². The minimum Gasteiger partial charge on any atom is -0.457 e. The molecule has 8 aromatic rings. The van der Waals surface area contributed by atoms with Gasteiger partial charge in [0.25, 0.3) is 0 Å². The van der Waals surface area contributed by atoms with Crippen molar-refractivity contribution < 1.29 is 9.47 Å². The smallest absolute Gasteiger partial charge is 0.230 e. The Balaban J connectivity index is 1.14. The Kier molecular flexibility index (Phi) is 7.88. The van der Waals surface area contributed by atoms with E-state index in [2.05, 4.69) is 103 Å². The minimum absolute atomic E-state index is 0.120. The molecule has 0 saturated carbocycles. The molecular formula is C47H32N2O2. The van der Waals surface area contributed by atoms with Crippen molar-refractivity contribution in [2.45, 2.75) is 0 Å². The van der Waals surface area contributed by atoms with Crippen molar-refractivity contribution in [3.05, 3.63) is 182 Å². The molecule has 51 heavy (non-hydrogen) atoms. The molecule has 0 amide bonds. The van der Waals surface area contributed by atoms with Crippen molar-refractivity contribution in [2.24, 2.45) is 0 Å². The number of pyridine rings is 2. The molecule has 1 aliphatic heterocycles. The van der Waals surface area contributed by atoms with Crippen molar-refractivity contribution in [1.29, 1.82) is 0 Å². The predicted molar refractivity (Wildman–Crippen MR) is 206 cm³/mol. The van der Waals surface area contributed by atoms with Crippen molar-refractivity contribution in [2.75, 3.05) is 6.79 Å². The second-order valence-electron chi connectivity index (χ2n) is 12.5. The summed E-state index contributed by atoms with van der Waals surface area (Å²) in [5.41, 5.74) is 14.2. The summed E-state index contributed by atoms with van der Waals surface area (Å²) in [5.74, 6) is 1.56. The van der Waals surface area contributed by atoms with Gasteiger partial charge in [-0.1, -0.05) is 133 Å². The van der Waals surface area contributed by atoms with E-state index in [0.717, 1.165) is 89.9 Å². The highest BCUT2D eigenvalue weighted by molar-refractivity contribution is 5.86. The third-order valence-electron chi connectivity index (χ3n) is 9.28. The van der Waals surface area contributed by atoms with Crippen LogP contribution in [0.4, 0.5) is 0 Å². The molecule has 3 heterocycles. The first kappa shape index (κ1) is 30.3. The molecule has 242 valence electrons. The molecule has 0 unspecified atom stereocenters. The first-order chi connectivity index (χ1) is 25.2. The Morgan fingerprint density at radius 3 is 1.14 bits per heavy atom. The molecule has 0 spiro atoms. The molecule has 9 rings (SSSR count). The van der Waals surface area contributed by atoms with Gasteiger partial charge >= 0.3 is 0 Å². The highest BCUT2D eigenvalue weighted by atomic mass is 16.7. The fraction of sp³-hybridized carbons (Fsp3) is 0.0213. The van der Waals surface area contributed by atoms with Gasteiger partial charge in [-0.15, -0.1) is 0 Å². The zero-order chi connectivity index (χ0) is 34.0. The van der Waals surface area contributed by atoms with Crippen LogP contribution >= 0.6 is 0 Å². The second-order valence-corrected chi connectivity index (χ2v) is 12.5. The topological polar surface area (TPSA) is 44.2 Å². The van der Waals surface area contributed by atoms with Crippen LogP contribution in [0, 0.1) is 0 Å². The normalized spacial score (nSPS) is 11.8. The lowest BCUT2D eigenvalue weighted by molar-refractivity contribution is 0.125. The van der Waals surface area contributed by atoms with E-state index in [-0.39, 0.29) is 6.79 Å². The van der Waals surface area contributed by atoms with E-state index >= 15 is 0 Å². The summed E-state index contributed by atoms with van der Waals surface area (Å²) in [6, 6.07) is 62.7. The molecule has 0 saturated heterocycles. The lowest BCUT2D eigenvalue weighted by Gasteiger charge is -2.14. The van der Waals surface area contributed by atoms with E-state index in [1.54, 1.807) is 0 Å². The standard InChI is InChI=1S/C47H32N2O2/c1-5-13-32(14-6-1)42-26-38(27-43(48-42)33-15-7-2-8-16-33)36-22-24-46-41(25-36)40-23-21-37(30-47(40)51-31-50-46)39-28-44(34-17-9-3-10-18-34)49-45(29-39)35-19-11-4-12-20-35/h1-30H,31H2. The Bertz CT molecular complexity index is 2370. The van der Waals surface area contributed by atoms with E-state index in [9.17, 15) is 0 Å². The third kappa shape index (κ3) is 6.16. The maximum absolute atomic E-state index is 6.27. The van der Waals surface area contributed by atoms with Gasteiger partial charge in [0.2, 0.25) is 6.79 Å². The average molecular weight is 657 g/mol. The molecule has 0 bridgehead atoms. The molecule has 6 aromatic carbocycles. The summed E-state index contributed by atoms with van der Waals surface area (Å²) in [4.78, 5) is 10.1. The molecule has 0 fully saturated rings. The lowest BCUT2D eigenvalue weighted by atomic mass is 9.94. The number of nitrogens with zero attached hydrogens (tertiary/aromatic N) is 2. The first-order valence-corrected chi connectivity index (χ1v) is 17.1. The van der Waals surface area contributed by atoms with Crippen LogP contribution in [0.5, 0.6) is 11.5 Å². The fourth-order valence-corrected chi connectivity index (χ4v) is 6.67. The molecule has 1 aliphatic rings. The molecule has 2 aromatic heterocycles. The fourth-order valence-electron chi connectivity index (χ4n) is 6.67. The van der Waals surface area contributed by atoms with Crippen LogP contribution in [0.2, 0.25) is 0 Å². The van der Waals surface area contributed by atoms with Crippen LogP contribution < -0.4 is 9.47 Å². The van der Waals surface area contributed by atoms with E-state index in [4.69, 9.17) is 19.4 Å². The zero-order valence-corrected chi connectivity index (χ0v) is 27.7. The predicted octanol–water partition coefficient (Wildman–Crippen LogP) is 11.9. The van der Waals surface area contributed by atoms with Crippen LogP contribution in [0.25, 0.3) is 78.4 Å². The van der Waals surface area contributed by atoms with Gasteiger partial charge in [0.05, 0.1) is 22.8 Å². The highest BCUT2D eigenvalue weighted by Gasteiger charge is 2.20. The Morgan fingerprint density at radius 1 is 0.294 bits per heavy atom. The second kappa shape index (κ2) is 13.3. The number of ether oxygens (including phenoxy) is 2. The van der Waals surface area contributed by atoms with Gasteiger partial charge in [0.1, 0.15) is 11.5 Å². The number of aromatic nitrogens is 2. The summed E-state index contributed by atoms with van der Waals surface area (Å²) >= 11 is 0. The van der Waals surface area contributed by atoms with E-state index in [1.807, 2.05) is 78.9 Å². The van der Waals surface area contributed by atoms with Crippen LogP contribution in [-0.4, -0.2) is 16.8 Å². The van der Waals surface area contributed by atoms with Crippen LogP contribution in [0.1, 0.15) is 0 Å². The quantitative estimate of drug-likeness (QED) is 0.179. The van der Waals surface area contributed by atoms with Crippen molar-refractivity contribution in [3.8, 4) is 89.9 Å². The highest BCUT2D eigenvalue weighted by Crippen LogP contribution is 2.44. The lowest BCUT2D eigenvalue weighted by Crippen LogP contribution is -2.03. The van der Waals surface area contributed by atoms with Crippen molar-refractivity contribution >= 4 is 0 Å². The number of hydrogen-bond acceptors (Lipinski definition) is 4. The first-order valence-electron chi connectivity index (χ1n) is 17.1. The molecular weight excluding hydrogens is 625 g/mol. The molecule has 4 heteroatoms. The van der Waals surface area contributed by atoms with Crippen LogP contribution in [0.3, 0.4) is 0 Å². The van der Waals surface area contributed by atoms with Crippen molar-refractivity contribution in [3.63, 3.8) is 0 Å². The summed E-state index contributed by atoms with van der Waals surface area (Å²) in [5, 5.41) is 0. The summed E-state index contributed by atoms with van der Waals surface area (Å²) in [6.45, 7) is 0.120. The van der Waals surface area contributed by atoms with Gasteiger partial charge in [-0.05, 0) is 70.8 Å². The molecule has 0 N–H and O–H groups in total. The Morgan fingerprint density at radius 2 is 0.686 bits per heavy atom. The van der Waals surface area contributed by atoms with E-state index in [1.165, 1.54) is 0 Å². The van der Waals surface area contributed by atoms with Gasteiger partial charge in [-0.25, -0.2) is 9.97 Å². The van der Waals surface area contributed by atoms with Crippen LogP contribution in [-0.2, 0) is 0 Å². The summed E-state index contributed by atoms with van der Waals surface area (Å²) < 4.78 is 12.4. The molecule has 4 nitrogen and oxygen atoms in total. The van der Waals surface area contributed by atoms with E-state index < -0.39 is 0 Å². The zero-order valence-electron chi connectivity index (χ0n) is 27.7. The summed E-state index contributed by atoms with van der Waals surface area (Å²) in [6.07, 6.45) is 0. The Labute approximate surface area is 297 Å². The maximum atomic E-state index is 6.27. The molecule has 0 atom stereocenters. The third-order valence-corrected chi connectivity index (χ3v) is 9.28. The SMILES string of the molecule is c1ccc(-c2cc(-c3ccc4c(c3)OCOc3ccc(-c5cc(-c6ccccc6)nc(-c6ccccc6)c5)cc3-4)cc(-c3ccccc3)n2)cc1. The number of rotatable bonds is 6. The summed E-state index contributed by atoms with van der Waals surface area (Å²) in [7, 11) is 0. The largest absolute Gasteiger partial charge is 0.457 e.